The summed E-state index contributed by atoms with van der Waals surface area (Å²) >= 11 is 0. The molecule has 0 aromatic heterocycles. The molecule has 1 heterocycles. The Bertz CT molecular complexity index is 202. The second-order valence-electron chi connectivity index (χ2n) is 5.01. The van der Waals surface area contributed by atoms with Crippen molar-refractivity contribution < 1.29 is 10.2 Å². The van der Waals surface area contributed by atoms with E-state index in [4.69, 9.17) is 10.8 Å². The molecule has 0 aromatic carbocycles. The van der Waals surface area contributed by atoms with Crippen LogP contribution < -0.4 is 11.1 Å². The maximum Gasteiger partial charge on any atom is 0.0553 e. The van der Waals surface area contributed by atoms with E-state index in [1.807, 2.05) is 6.92 Å². The van der Waals surface area contributed by atoms with E-state index in [1.54, 1.807) is 0 Å². The summed E-state index contributed by atoms with van der Waals surface area (Å²) in [5.74, 6) is 0.321. The fraction of sp³-hybridized carbons (Fsp3) is 1.00. The van der Waals surface area contributed by atoms with Gasteiger partial charge in [0.15, 0.2) is 0 Å². The van der Waals surface area contributed by atoms with E-state index < -0.39 is 0 Å². The summed E-state index contributed by atoms with van der Waals surface area (Å²) in [5, 5.41) is 21.9. The zero-order valence-corrected chi connectivity index (χ0v) is 10.8. The summed E-state index contributed by atoms with van der Waals surface area (Å²) in [5.41, 5.74) is 5.59. The lowest BCUT2D eigenvalue weighted by Crippen LogP contribution is -2.52. The van der Waals surface area contributed by atoms with Gasteiger partial charge in [0.05, 0.1) is 6.10 Å². The number of nitrogens with two attached hydrogens (primary N) is 1. The summed E-state index contributed by atoms with van der Waals surface area (Å²) in [4.78, 5) is 2.32. The lowest BCUT2D eigenvalue weighted by molar-refractivity contribution is 0.0491. The first-order chi connectivity index (χ1) is 8.17. The predicted molar refractivity (Wildman–Crippen MR) is 68.8 cm³/mol. The zero-order valence-electron chi connectivity index (χ0n) is 10.8. The Morgan fingerprint density at radius 2 is 2.24 bits per heavy atom. The number of likely N-dealkylation sites (tertiary alicyclic amines) is 1. The number of hydrogen-bond donors (Lipinski definition) is 4. The quantitative estimate of drug-likeness (QED) is 0.432. The number of aliphatic hydroxyl groups is 2. The van der Waals surface area contributed by atoms with Crippen molar-refractivity contribution in [1.29, 1.82) is 0 Å². The monoisotopic (exact) mass is 245 g/mol. The summed E-state index contributed by atoms with van der Waals surface area (Å²) in [6.07, 6.45) is 1.52. The van der Waals surface area contributed by atoms with E-state index in [2.05, 4.69) is 10.2 Å². The maximum atomic E-state index is 9.73. The molecule has 1 rings (SSSR count). The van der Waals surface area contributed by atoms with E-state index in [0.29, 0.717) is 18.5 Å². The van der Waals surface area contributed by atoms with Gasteiger partial charge >= 0.3 is 0 Å². The molecule has 1 fully saturated rings. The minimum atomic E-state index is -0.266. The average Bonchev–Trinajstić information content (AvgIpc) is 2.29. The van der Waals surface area contributed by atoms with Gasteiger partial charge in [-0.15, -0.1) is 0 Å². The highest BCUT2D eigenvalue weighted by molar-refractivity contribution is 4.85. The van der Waals surface area contributed by atoms with E-state index in [9.17, 15) is 5.11 Å². The Balaban J connectivity index is 2.40. The third-order valence-corrected chi connectivity index (χ3v) is 3.45. The van der Waals surface area contributed by atoms with Crippen LogP contribution in [0.2, 0.25) is 0 Å². The van der Waals surface area contributed by atoms with Crippen LogP contribution in [0.1, 0.15) is 19.8 Å². The normalized spacial score (nSPS) is 28.2. The van der Waals surface area contributed by atoms with Gasteiger partial charge in [0.25, 0.3) is 0 Å². The molecule has 1 aliphatic rings. The highest BCUT2D eigenvalue weighted by Crippen LogP contribution is 2.19. The SMILES string of the molecule is CC(O)C1CC(NCCCO)CN(CCN)C1. The molecule has 0 bridgehead atoms. The standard InChI is InChI=1S/C12H27N3O2/c1-10(17)11-7-12(14-4-2-6-16)9-15(8-11)5-3-13/h10-12,14,16-17H,2-9,13H2,1H3. The van der Waals surface area contributed by atoms with Gasteiger partial charge in [0.1, 0.15) is 0 Å². The van der Waals surface area contributed by atoms with Crippen molar-refractivity contribution in [1.82, 2.24) is 10.2 Å². The minimum absolute atomic E-state index is 0.228. The van der Waals surface area contributed by atoms with Crippen molar-refractivity contribution in [3.05, 3.63) is 0 Å². The smallest absolute Gasteiger partial charge is 0.0553 e. The van der Waals surface area contributed by atoms with Crippen LogP contribution in [0.3, 0.4) is 0 Å². The van der Waals surface area contributed by atoms with Gasteiger partial charge in [0.2, 0.25) is 0 Å². The van der Waals surface area contributed by atoms with Gasteiger partial charge in [0, 0.05) is 38.8 Å². The first-order valence-corrected chi connectivity index (χ1v) is 6.62. The van der Waals surface area contributed by atoms with Crippen molar-refractivity contribution in [3.63, 3.8) is 0 Å². The molecule has 0 amide bonds. The molecule has 5 N–H and O–H groups in total. The number of aliphatic hydroxyl groups excluding tert-OH is 2. The van der Waals surface area contributed by atoms with Crippen LogP contribution in [-0.2, 0) is 0 Å². The van der Waals surface area contributed by atoms with Gasteiger partial charge in [-0.05, 0) is 32.2 Å². The lowest BCUT2D eigenvalue weighted by atomic mass is 9.90. The topological polar surface area (TPSA) is 81.8 Å². The first-order valence-electron chi connectivity index (χ1n) is 6.62. The highest BCUT2D eigenvalue weighted by Gasteiger charge is 2.28. The van der Waals surface area contributed by atoms with Crippen molar-refractivity contribution in [3.8, 4) is 0 Å². The molecule has 0 aliphatic carbocycles. The second-order valence-corrected chi connectivity index (χ2v) is 5.01. The zero-order chi connectivity index (χ0) is 12.7. The van der Waals surface area contributed by atoms with Crippen LogP contribution in [0.25, 0.3) is 0 Å². The largest absolute Gasteiger partial charge is 0.396 e. The van der Waals surface area contributed by atoms with Crippen molar-refractivity contribution in [2.24, 2.45) is 11.7 Å². The molecular weight excluding hydrogens is 218 g/mol. The fourth-order valence-electron chi connectivity index (χ4n) is 2.48. The van der Waals surface area contributed by atoms with Crippen LogP contribution in [-0.4, -0.2) is 66.6 Å². The van der Waals surface area contributed by atoms with Gasteiger partial charge < -0.3 is 26.2 Å². The van der Waals surface area contributed by atoms with E-state index in [-0.39, 0.29) is 12.7 Å². The Morgan fingerprint density at radius 1 is 1.47 bits per heavy atom. The van der Waals surface area contributed by atoms with E-state index in [1.165, 1.54) is 0 Å². The van der Waals surface area contributed by atoms with Gasteiger partial charge in [-0.2, -0.15) is 0 Å². The summed E-state index contributed by atoms with van der Waals surface area (Å²) < 4.78 is 0. The minimum Gasteiger partial charge on any atom is -0.396 e. The van der Waals surface area contributed by atoms with Gasteiger partial charge in [-0.25, -0.2) is 0 Å². The van der Waals surface area contributed by atoms with Crippen molar-refractivity contribution >= 4 is 0 Å². The second kappa shape index (κ2) is 8.00. The van der Waals surface area contributed by atoms with Crippen molar-refractivity contribution in [2.45, 2.75) is 31.9 Å². The Kier molecular flexibility index (Phi) is 6.99. The highest BCUT2D eigenvalue weighted by atomic mass is 16.3. The fourth-order valence-corrected chi connectivity index (χ4v) is 2.48. The molecule has 0 radical (unpaired) electrons. The predicted octanol–water partition coefficient (Wildman–Crippen LogP) is -1.01. The molecule has 5 nitrogen and oxygen atoms in total. The molecule has 1 saturated heterocycles. The van der Waals surface area contributed by atoms with Crippen LogP contribution in [0.15, 0.2) is 0 Å². The molecule has 5 heteroatoms. The van der Waals surface area contributed by atoms with Crippen LogP contribution in [0.4, 0.5) is 0 Å². The molecule has 3 unspecified atom stereocenters. The summed E-state index contributed by atoms with van der Waals surface area (Å²) in [7, 11) is 0. The van der Waals surface area contributed by atoms with Crippen molar-refractivity contribution in [2.75, 3.05) is 39.3 Å². The number of nitrogens with one attached hydrogen (secondary N) is 1. The summed E-state index contributed by atoms with van der Waals surface area (Å²) in [6, 6.07) is 0.404. The molecule has 17 heavy (non-hydrogen) atoms. The number of rotatable bonds is 7. The number of piperidine rings is 1. The third kappa shape index (κ3) is 5.31. The van der Waals surface area contributed by atoms with E-state index in [0.717, 1.165) is 39.0 Å². The molecule has 0 saturated carbocycles. The van der Waals surface area contributed by atoms with Crippen LogP contribution in [0.5, 0.6) is 0 Å². The maximum absolute atomic E-state index is 9.73. The first kappa shape index (κ1) is 14.9. The summed E-state index contributed by atoms with van der Waals surface area (Å²) in [6.45, 7) is 6.41. The van der Waals surface area contributed by atoms with Gasteiger partial charge in [-0.3, -0.25) is 0 Å². The third-order valence-electron chi connectivity index (χ3n) is 3.45. The Hall–Kier alpha value is -0.200. The molecular formula is C12H27N3O2. The Morgan fingerprint density at radius 3 is 2.82 bits per heavy atom. The Labute approximate surface area is 104 Å². The lowest BCUT2D eigenvalue weighted by Gasteiger charge is -2.39. The number of hydrogen-bond acceptors (Lipinski definition) is 5. The molecule has 0 aromatic rings. The van der Waals surface area contributed by atoms with E-state index >= 15 is 0 Å². The number of nitrogens with zero attached hydrogens (tertiary/aromatic N) is 1. The molecule has 1 aliphatic heterocycles. The van der Waals surface area contributed by atoms with Crippen LogP contribution in [0, 0.1) is 5.92 Å². The van der Waals surface area contributed by atoms with Gasteiger partial charge in [-0.1, -0.05) is 0 Å². The molecule has 0 spiro atoms. The molecule has 3 atom stereocenters. The molecule has 102 valence electrons. The average molecular weight is 245 g/mol. The van der Waals surface area contributed by atoms with Crippen LogP contribution >= 0.6 is 0 Å².